The maximum absolute atomic E-state index is 13.3. The van der Waals surface area contributed by atoms with Crippen molar-refractivity contribution in [2.45, 2.75) is 33.2 Å². The largest absolute Gasteiger partial charge is 0.354 e. The zero-order chi connectivity index (χ0) is 16.1. The van der Waals surface area contributed by atoms with Gasteiger partial charge in [-0.15, -0.1) is 5.10 Å². The van der Waals surface area contributed by atoms with Gasteiger partial charge in [0.05, 0.1) is 0 Å². The molecule has 0 aliphatic rings. The summed E-state index contributed by atoms with van der Waals surface area (Å²) in [6, 6.07) is 5.60. The second kappa shape index (κ2) is 7.11. The van der Waals surface area contributed by atoms with Crippen molar-refractivity contribution in [3.05, 3.63) is 41.5 Å². The average molecular weight is 305 g/mol. The highest BCUT2D eigenvalue weighted by molar-refractivity contribution is 5.80. The van der Waals surface area contributed by atoms with E-state index in [2.05, 4.69) is 20.8 Å². The molecule has 0 saturated heterocycles. The first-order chi connectivity index (χ1) is 10.5. The molecule has 0 saturated carbocycles. The number of carbonyl (C=O) groups is 1. The van der Waals surface area contributed by atoms with Gasteiger partial charge in [0.25, 0.3) is 0 Å². The molecule has 1 amide bonds. The second-order valence-electron chi connectivity index (χ2n) is 5.66. The number of aromatic nitrogens is 4. The normalized spacial score (nSPS) is 12.4. The summed E-state index contributed by atoms with van der Waals surface area (Å²) in [5.74, 6) is 0.385. The Bertz CT molecular complexity index is 640. The molecule has 7 heteroatoms. The molecule has 1 atom stereocenters. The average Bonchev–Trinajstić information content (AvgIpc) is 2.88. The van der Waals surface area contributed by atoms with Crippen molar-refractivity contribution in [2.75, 3.05) is 6.54 Å². The third-order valence-corrected chi connectivity index (χ3v) is 3.26. The van der Waals surface area contributed by atoms with Crippen molar-refractivity contribution in [1.82, 2.24) is 25.5 Å². The highest BCUT2D eigenvalue weighted by Crippen LogP contribution is 2.16. The summed E-state index contributed by atoms with van der Waals surface area (Å²) < 4.78 is 14.8. The third-order valence-electron chi connectivity index (χ3n) is 3.26. The minimum atomic E-state index is -0.601. The molecule has 6 nitrogen and oxygen atoms in total. The summed E-state index contributed by atoms with van der Waals surface area (Å²) in [5.41, 5.74) is 0.722. The smallest absolute Gasteiger partial charge is 0.245 e. The van der Waals surface area contributed by atoms with Crippen LogP contribution in [0.4, 0.5) is 4.39 Å². The number of nitrogens with one attached hydrogen (secondary N) is 1. The van der Waals surface area contributed by atoms with Gasteiger partial charge in [-0.05, 0) is 41.0 Å². The topological polar surface area (TPSA) is 72.7 Å². The van der Waals surface area contributed by atoms with E-state index in [0.29, 0.717) is 24.7 Å². The summed E-state index contributed by atoms with van der Waals surface area (Å²) in [7, 11) is 0. The van der Waals surface area contributed by atoms with Crippen LogP contribution in [0.1, 0.15) is 31.3 Å². The molecule has 1 unspecified atom stereocenters. The predicted molar refractivity (Wildman–Crippen MR) is 79.5 cm³/mol. The van der Waals surface area contributed by atoms with Crippen LogP contribution in [-0.2, 0) is 11.2 Å². The lowest BCUT2D eigenvalue weighted by atomic mass is 10.0. The Morgan fingerprint density at radius 2 is 2.18 bits per heavy atom. The number of benzene rings is 1. The highest BCUT2D eigenvalue weighted by Gasteiger charge is 2.24. The monoisotopic (exact) mass is 305 g/mol. The molecule has 0 fully saturated rings. The van der Waals surface area contributed by atoms with E-state index in [4.69, 9.17) is 0 Å². The van der Waals surface area contributed by atoms with E-state index in [-0.39, 0.29) is 11.7 Å². The minimum absolute atomic E-state index is 0.173. The molecule has 1 aromatic carbocycles. The van der Waals surface area contributed by atoms with Gasteiger partial charge in [0.1, 0.15) is 17.7 Å². The number of hydrogen-bond donors (Lipinski definition) is 1. The fourth-order valence-electron chi connectivity index (χ4n) is 2.13. The van der Waals surface area contributed by atoms with Crippen molar-refractivity contribution in [1.29, 1.82) is 0 Å². The van der Waals surface area contributed by atoms with Crippen LogP contribution < -0.4 is 5.32 Å². The van der Waals surface area contributed by atoms with E-state index < -0.39 is 6.04 Å². The first-order valence-corrected chi connectivity index (χ1v) is 7.24. The van der Waals surface area contributed by atoms with Crippen LogP contribution in [0.15, 0.2) is 24.3 Å². The van der Waals surface area contributed by atoms with E-state index in [1.54, 1.807) is 19.1 Å². The van der Waals surface area contributed by atoms with E-state index in [1.165, 1.54) is 16.8 Å². The Balaban J connectivity index is 2.22. The maximum Gasteiger partial charge on any atom is 0.245 e. The molecule has 1 aromatic heterocycles. The van der Waals surface area contributed by atoms with Crippen molar-refractivity contribution in [3.63, 3.8) is 0 Å². The van der Waals surface area contributed by atoms with E-state index in [1.807, 2.05) is 13.8 Å². The van der Waals surface area contributed by atoms with Crippen molar-refractivity contribution < 1.29 is 9.18 Å². The van der Waals surface area contributed by atoms with Crippen molar-refractivity contribution in [3.8, 4) is 0 Å². The van der Waals surface area contributed by atoms with Crippen LogP contribution in [-0.4, -0.2) is 32.7 Å². The van der Waals surface area contributed by atoms with Gasteiger partial charge in [-0.2, -0.15) is 0 Å². The highest BCUT2D eigenvalue weighted by atomic mass is 19.1. The second-order valence-corrected chi connectivity index (χ2v) is 5.66. The number of aryl methyl sites for hydroxylation is 1. The van der Waals surface area contributed by atoms with Gasteiger partial charge < -0.3 is 5.32 Å². The molecular weight excluding hydrogens is 285 g/mol. The molecule has 0 bridgehead atoms. The molecule has 1 heterocycles. The maximum atomic E-state index is 13.3. The van der Waals surface area contributed by atoms with Gasteiger partial charge in [0.2, 0.25) is 5.91 Å². The van der Waals surface area contributed by atoms with Crippen LogP contribution >= 0.6 is 0 Å². The summed E-state index contributed by atoms with van der Waals surface area (Å²) in [4.78, 5) is 12.5. The number of nitrogens with zero attached hydrogens (tertiary/aromatic N) is 4. The fourth-order valence-corrected chi connectivity index (χ4v) is 2.13. The molecule has 118 valence electrons. The number of amides is 1. The van der Waals surface area contributed by atoms with Crippen LogP contribution in [0.2, 0.25) is 0 Å². The molecule has 0 spiro atoms. The number of hydrogen-bond acceptors (Lipinski definition) is 4. The molecule has 0 radical (unpaired) electrons. The fraction of sp³-hybridized carbons (Fsp3) is 0.467. The number of tetrazole rings is 1. The quantitative estimate of drug-likeness (QED) is 0.881. The summed E-state index contributed by atoms with van der Waals surface area (Å²) in [6.45, 7) is 6.34. The number of carbonyl (C=O) groups excluding carboxylic acids is 1. The first kappa shape index (κ1) is 16.1. The zero-order valence-corrected chi connectivity index (χ0v) is 13.0. The standard InChI is InChI=1S/C15H20FN5O/c1-10(2)9-17-15(22)14(21-11(3)18-19-20-21)8-12-5-4-6-13(16)7-12/h4-7,10,14H,8-9H2,1-3H3,(H,17,22). The van der Waals surface area contributed by atoms with Crippen LogP contribution in [0.5, 0.6) is 0 Å². The summed E-state index contributed by atoms with van der Waals surface area (Å²) in [5, 5.41) is 14.2. The third kappa shape index (κ3) is 4.09. The summed E-state index contributed by atoms with van der Waals surface area (Å²) >= 11 is 0. The minimum Gasteiger partial charge on any atom is -0.354 e. The van der Waals surface area contributed by atoms with E-state index >= 15 is 0 Å². The Kier molecular flexibility index (Phi) is 5.19. The SMILES string of the molecule is Cc1nnnn1C(Cc1cccc(F)c1)C(=O)NCC(C)C. The Morgan fingerprint density at radius 3 is 2.77 bits per heavy atom. The van der Waals surface area contributed by atoms with Crippen LogP contribution in [0.3, 0.4) is 0 Å². The van der Waals surface area contributed by atoms with Gasteiger partial charge in [-0.3, -0.25) is 4.79 Å². The van der Waals surface area contributed by atoms with Crippen LogP contribution in [0.25, 0.3) is 0 Å². The summed E-state index contributed by atoms with van der Waals surface area (Å²) in [6.07, 6.45) is 0.327. The molecule has 0 aliphatic carbocycles. The number of rotatable bonds is 6. The van der Waals surface area contributed by atoms with E-state index in [0.717, 1.165) is 5.56 Å². The van der Waals surface area contributed by atoms with Crippen molar-refractivity contribution >= 4 is 5.91 Å². The molecule has 2 aromatic rings. The molecule has 0 aliphatic heterocycles. The Hall–Kier alpha value is -2.31. The Morgan fingerprint density at radius 1 is 1.41 bits per heavy atom. The Labute approximate surface area is 128 Å². The lowest BCUT2D eigenvalue weighted by Crippen LogP contribution is -2.36. The van der Waals surface area contributed by atoms with Gasteiger partial charge in [0, 0.05) is 13.0 Å². The van der Waals surface area contributed by atoms with Crippen molar-refractivity contribution in [2.24, 2.45) is 5.92 Å². The molecule has 1 N–H and O–H groups in total. The molecule has 22 heavy (non-hydrogen) atoms. The lowest BCUT2D eigenvalue weighted by Gasteiger charge is -2.18. The number of halogens is 1. The zero-order valence-electron chi connectivity index (χ0n) is 13.0. The molecular formula is C15H20FN5O. The van der Waals surface area contributed by atoms with Gasteiger partial charge >= 0.3 is 0 Å². The molecule has 2 rings (SSSR count). The first-order valence-electron chi connectivity index (χ1n) is 7.24. The van der Waals surface area contributed by atoms with Gasteiger partial charge in [0.15, 0.2) is 0 Å². The lowest BCUT2D eigenvalue weighted by molar-refractivity contribution is -0.124. The van der Waals surface area contributed by atoms with E-state index in [9.17, 15) is 9.18 Å². The predicted octanol–water partition coefficient (Wildman–Crippen LogP) is 1.68. The van der Waals surface area contributed by atoms with Crippen LogP contribution in [0, 0.1) is 18.7 Å². The van der Waals surface area contributed by atoms with Gasteiger partial charge in [-0.1, -0.05) is 26.0 Å². The van der Waals surface area contributed by atoms with Gasteiger partial charge in [-0.25, -0.2) is 9.07 Å².